The molecule has 162 valence electrons. The molecule has 0 atom stereocenters. The van der Waals surface area contributed by atoms with Crippen molar-refractivity contribution in [2.24, 2.45) is 5.41 Å². The van der Waals surface area contributed by atoms with E-state index in [1.54, 1.807) is 16.2 Å². The molecule has 5 rings (SSSR count). The average molecular weight is 438 g/mol. The van der Waals surface area contributed by atoms with Crippen LogP contribution >= 0.6 is 11.3 Å². The topological polar surface area (TPSA) is 65.9 Å². The summed E-state index contributed by atoms with van der Waals surface area (Å²) in [5.41, 5.74) is 2.60. The van der Waals surface area contributed by atoms with Crippen molar-refractivity contribution in [3.05, 3.63) is 54.1 Å². The van der Waals surface area contributed by atoms with Crippen LogP contribution in [0.1, 0.15) is 31.2 Å². The van der Waals surface area contributed by atoms with Crippen molar-refractivity contribution in [1.82, 2.24) is 14.8 Å². The number of ether oxygens (including phenoxy) is 1. The first-order valence-corrected chi connectivity index (χ1v) is 11.7. The predicted molar refractivity (Wildman–Crippen MR) is 122 cm³/mol. The Balaban J connectivity index is 1.13. The molecule has 0 aliphatic carbocycles. The Kier molecular flexibility index (Phi) is 5.54. The van der Waals surface area contributed by atoms with E-state index in [9.17, 15) is 9.90 Å². The molecular formula is C24H27N3O3S. The number of nitrogens with zero attached hydrogens (tertiary/aromatic N) is 3. The summed E-state index contributed by atoms with van der Waals surface area (Å²) in [6.07, 6.45) is 3.57. The van der Waals surface area contributed by atoms with Crippen LogP contribution in [0.4, 0.5) is 4.79 Å². The Bertz CT molecular complexity index is 1010. The second kappa shape index (κ2) is 8.48. The van der Waals surface area contributed by atoms with Gasteiger partial charge in [-0.15, -0.1) is 0 Å². The minimum absolute atomic E-state index is 0.345. The van der Waals surface area contributed by atoms with Crippen molar-refractivity contribution in [3.63, 3.8) is 0 Å². The second-order valence-electron chi connectivity index (χ2n) is 8.74. The lowest BCUT2D eigenvalue weighted by Crippen LogP contribution is -2.47. The van der Waals surface area contributed by atoms with Gasteiger partial charge < -0.3 is 14.7 Å². The van der Waals surface area contributed by atoms with Gasteiger partial charge in [0.05, 0.1) is 10.2 Å². The lowest BCUT2D eigenvalue weighted by Gasteiger charge is -2.46. The number of carbonyl (C=O) groups is 1. The maximum absolute atomic E-state index is 11.2. The number of para-hydroxylation sites is 1. The number of aromatic nitrogens is 1. The summed E-state index contributed by atoms with van der Waals surface area (Å²) in [4.78, 5) is 19.8. The molecule has 1 aromatic heterocycles. The van der Waals surface area contributed by atoms with Gasteiger partial charge in [-0.05, 0) is 74.0 Å². The van der Waals surface area contributed by atoms with E-state index in [2.05, 4.69) is 28.1 Å². The van der Waals surface area contributed by atoms with Crippen LogP contribution in [-0.4, -0.2) is 52.2 Å². The molecule has 0 bridgehead atoms. The van der Waals surface area contributed by atoms with Crippen LogP contribution in [0.5, 0.6) is 10.9 Å². The molecule has 2 aliphatic heterocycles. The fourth-order valence-corrected chi connectivity index (χ4v) is 5.61. The number of benzene rings is 2. The summed E-state index contributed by atoms with van der Waals surface area (Å²) < 4.78 is 7.09. The molecule has 6 nitrogen and oxygen atoms in total. The van der Waals surface area contributed by atoms with Crippen LogP contribution in [0.2, 0.25) is 0 Å². The standard InChI is InChI=1S/C24H27N3O3S/c28-23(29)27-15-11-24(12-16-27)9-13-26(14-10-24)17-18-5-7-19(8-6-18)30-22-25-20-3-1-2-4-21(20)31-22/h1-8H,9-17H2,(H,28,29). The van der Waals surface area contributed by atoms with E-state index in [0.717, 1.165) is 48.4 Å². The number of rotatable bonds is 4. The van der Waals surface area contributed by atoms with E-state index in [1.807, 2.05) is 30.3 Å². The van der Waals surface area contributed by atoms with Gasteiger partial charge in [0.1, 0.15) is 5.75 Å². The zero-order valence-corrected chi connectivity index (χ0v) is 18.3. The summed E-state index contributed by atoms with van der Waals surface area (Å²) in [5.74, 6) is 0.811. The van der Waals surface area contributed by atoms with Gasteiger partial charge in [-0.2, -0.15) is 0 Å². The minimum Gasteiger partial charge on any atom is -0.465 e. The lowest BCUT2D eigenvalue weighted by atomic mass is 9.71. The third kappa shape index (κ3) is 4.52. The van der Waals surface area contributed by atoms with Crippen molar-refractivity contribution < 1.29 is 14.6 Å². The van der Waals surface area contributed by atoms with Gasteiger partial charge in [0, 0.05) is 19.6 Å². The van der Waals surface area contributed by atoms with Crippen LogP contribution in [0, 0.1) is 5.41 Å². The molecular weight excluding hydrogens is 410 g/mol. The highest BCUT2D eigenvalue weighted by Crippen LogP contribution is 2.41. The number of fused-ring (bicyclic) bond motifs is 1. The molecule has 0 radical (unpaired) electrons. The number of carboxylic acid groups (broad SMARTS) is 1. The summed E-state index contributed by atoms with van der Waals surface area (Å²) in [5, 5.41) is 9.84. The average Bonchev–Trinajstić information content (AvgIpc) is 3.19. The largest absolute Gasteiger partial charge is 0.465 e. The minimum atomic E-state index is -0.775. The molecule has 2 aromatic carbocycles. The highest BCUT2D eigenvalue weighted by atomic mass is 32.1. The molecule has 0 saturated carbocycles. The molecule has 0 unspecified atom stereocenters. The normalized spacial score (nSPS) is 19.0. The van der Waals surface area contributed by atoms with E-state index in [0.29, 0.717) is 23.7 Å². The van der Waals surface area contributed by atoms with E-state index in [1.165, 1.54) is 18.4 Å². The third-order valence-electron chi connectivity index (χ3n) is 6.82. The Morgan fingerprint density at radius 3 is 2.35 bits per heavy atom. The Hall–Kier alpha value is -2.64. The van der Waals surface area contributed by atoms with Crippen LogP contribution < -0.4 is 4.74 Å². The molecule has 2 saturated heterocycles. The first-order valence-electron chi connectivity index (χ1n) is 10.9. The Morgan fingerprint density at radius 2 is 1.68 bits per heavy atom. The highest BCUT2D eigenvalue weighted by Gasteiger charge is 2.38. The smallest absolute Gasteiger partial charge is 0.407 e. The third-order valence-corrected chi connectivity index (χ3v) is 7.73. The quantitative estimate of drug-likeness (QED) is 0.588. The predicted octanol–water partition coefficient (Wildman–Crippen LogP) is 5.44. The van der Waals surface area contributed by atoms with Crippen molar-refractivity contribution >= 4 is 27.6 Å². The first-order chi connectivity index (χ1) is 15.1. The Labute approximate surface area is 186 Å². The fraction of sp³-hybridized carbons (Fsp3) is 0.417. The number of hydrogen-bond acceptors (Lipinski definition) is 5. The molecule has 7 heteroatoms. The molecule has 3 heterocycles. The lowest BCUT2D eigenvalue weighted by molar-refractivity contribution is 0.0341. The fourth-order valence-electron chi connectivity index (χ4n) is 4.77. The molecule has 1 spiro atoms. The SMILES string of the molecule is O=C(O)N1CCC2(CCN(Cc3ccc(Oc4nc5ccccc5s4)cc3)CC2)CC1. The van der Waals surface area contributed by atoms with E-state index in [4.69, 9.17) is 4.74 Å². The van der Waals surface area contributed by atoms with Crippen molar-refractivity contribution in [2.75, 3.05) is 26.2 Å². The van der Waals surface area contributed by atoms with Crippen LogP contribution in [0.25, 0.3) is 10.2 Å². The Morgan fingerprint density at radius 1 is 1.00 bits per heavy atom. The zero-order chi connectivity index (χ0) is 21.3. The molecule has 1 amide bonds. The van der Waals surface area contributed by atoms with E-state index in [-0.39, 0.29) is 0 Å². The van der Waals surface area contributed by atoms with Gasteiger partial charge in [-0.3, -0.25) is 4.90 Å². The van der Waals surface area contributed by atoms with Gasteiger partial charge in [0.2, 0.25) is 0 Å². The van der Waals surface area contributed by atoms with Crippen molar-refractivity contribution in [3.8, 4) is 10.9 Å². The van der Waals surface area contributed by atoms with Crippen LogP contribution in [0.3, 0.4) is 0 Å². The number of piperidine rings is 2. The molecule has 3 aromatic rings. The number of amides is 1. The van der Waals surface area contributed by atoms with E-state index >= 15 is 0 Å². The van der Waals surface area contributed by atoms with Gasteiger partial charge in [-0.25, -0.2) is 9.78 Å². The van der Waals surface area contributed by atoms with E-state index < -0.39 is 6.09 Å². The zero-order valence-electron chi connectivity index (χ0n) is 17.5. The van der Waals surface area contributed by atoms with Crippen molar-refractivity contribution in [2.45, 2.75) is 32.2 Å². The van der Waals surface area contributed by atoms with Gasteiger partial charge >= 0.3 is 6.09 Å². The van der Waals surface area contributed by atoms with Gasteiger partial charge in [-0.1, -0.05) is 35.6 Å². The number of likely N-dealkylation sites (tertiary alicyclic amines) is 2. The van der Waals surface area contributed by atoms with Crippen LogP contribution in [0.15, 0.2) is 48.5 Å². The first kappa shape index (κ1) is 20.3. The molecule has 2 aliphatic rings. The summed E-state index contributed by atoms with van der Waals surface area (Å²) in [6.45, 7) is 4.48. The summed E-state index contributed by atoms with van der Waals surface area (Å²) in [7, 11) is 0. The highest BCUT2D eigenvalue weighted by molar-refractivity contribution is 7.20. The molecule has 31 heavy (non-hydrogen) atoms. The summed E-state index contributed by atoms with van der Waals surface area (Å²) >= 11 is 1.56. The molecule has 2 fully saturated rings. The van der Waals surface area contributed by atoms with Crippen molar-refractivity contribution in [1.29, 1.82) is 0 Å². The van der Waals surface area contributed by atoms with Gasteiger partial charge in [0.25, 0.3) is 5.19 Å². The van der Waals surface area contributed by atoms with Crippen LogP contribution in [-0.2, 0) is 6.54 Å². The number of thiazole rings is 1. The molecule has 1 N–H and O–H groups in total. The number of hydrogen-bond donors (Lipinski definition) is 1. The maximum Gasteiger partial charge on any atom is 0.407 e. The maximum atomic E-state index is 11.2. The summed E-state index contributed by atoms with van der Waals surface area (Å²) in [6, 6.07) is 16.4. The van der Waals surface area contributed by atoms with Gasteiger partial charge in [0.15, 0.2) is 0 Å². The second-order valence-corrected chi connectivity index (χ2v) is 9.73. The monoisotopic (exact) mass is 437 g/mol.